The van der Waals surface area contributed by atoms with Crippen molar-refractivity contribution < 1.29 is 14.3 Å². The molecule has 0 aliphatic rings. The van der Waals surface area contributed by atoms with E-state index in [0.29, 0.717) is 23.0 Å². The van der Waals surface area contributed by atoms with Gasteiger partial charge in [0.1, 0.15) is 5.75 Å². The van der Waals surface area contributed by atoms with Crippen molar-refractivity contribution in [1.82, 2.24) is 4.98 Å². The van der Waals surface area contributed by atoms with Gasteiger partial charge in [0.15, 0.2) is 11.7 Å². The minimum absolute atomic E-state index is 0.129. The fourth-order valence-corrected chi connectivity index (χ4v) is 3.30. The summed E-state index contributed by atoms with van der Waals surface area (Å²) in [6.07, 6.45) is 0.338. The van der Waals surface area contributed by atoms with Gasteiger partial charge in [0.2, 0.25) is 5.91 Å². The predicted octanol–water partition coefficient (Wildman–Crippen LogP) is 3.34. The van der Waals surface area contributed by atoms with Crippen LogP contribution in [0.25, 0.3) is 10.2 Å². The largest absolute Gasteiger partial charge is 0.484 e. The zero-order chi connectivity index (χ0) is 19.2. The maximum atomic E-state index is 12.1. The number of nitrogens with zero attached hydrogens (tertiary/aromatic N) is 2. The Morgan fingerprint density at radius 1 is 1.19 bits per heavy atom. The lowest BCUT2D eigenvalue weighted by atomic mass is 10.2. The summed E-state index contributed by atoms with van der Waals surface area (Å²) in [7, 11) is 0. The molecule has 2 aromatic carbocycles. The Kier molecular flexibility index (Phi) is 5.64. The fraction of sp³-hybridized carbons (Fsp3) is 0.158. The number of carbonyl (C=O) groups excluding carboxylic acids is 2. The van der Waals surface area contributed by atoms with Gasteiger partial charge in [0, 0.05) is 12.6 Å². The van der Waals surface area contributed by atoms with E-state index in [1.807, 2.05) is 0 Å². The molecule has 0 radical (unpaired) electrons. The molecule has 2 amide bonds. The summed E-state index contributed by atoms with van der Waals surface area (Å²) < 4.78 is 6.31. The first-order valence-electron chi connectivity index (χ1n) is 8.10. The van der Waals surface area contributed by atoms with Crippen molar-refractivity contribution in [3.05, 3.63) is 48.0 Å². The Labute approximate surface area is 159 Å². The Hall–Kier alpha value is -3.44. The molecule has 8 heteroatoms. The van der Waals surface area contributed by atoms with Crippen molar-refractivity contribution in [3.63, 3.8) is 0 Å². The minimum atomic E-state index is -0.290. The van der Waals surface area contributed by atoms with Crippen LogP contribution in [0.1, 0.15) is 12.5 Å². The van der Waals surface area contributed by atoms with Crippen LogP contribution >= 0.6 is 11.3 Å². The maximum Gasteiger partial charge on any atom is 0.262 e. The van der Waals surface area contributed by atoms with Crippen LogP contribution in [0.15, 0.2) is 42.5 Å². The van der Waals surface area contributed by atoms with Crippen molar-refractivity contribution >= 4 is 44.2 Å². The van der Waals surface area contributed by atoms with Crippen LogP contribution in [0, 0.1) is 11.3 Å². The molecule has 27 heavy (non-hydrogen) atoms. The first-order valence-corrected chi connectivity index (χ1v) is 8.92. The number of fused-ring (bicyclic) bond motifs is 1. The molecule has 136 valence electrons. The van der Waals surface area contributed by atoms with Gasteiger partial charge in [-0.05, 0) is 35.9 Å². The van der Waals surface area contributed by atoms with Crippen molar-refractivity contribution in [1.29, 1.82) is 5.26 Å². The van der Waals surface area contributed by atoms with E-state index in [1.54, 1.807) is 42.5 Å². The molecule has 1 aromatic heterocycles. The molecule has 0 spiro atoms. The molecule has 0 atom stereocenters. The lowest BCUT2D eigenvalue weighted by molar-refractivity contribution is -0.118. The van der Waals surface area contributed by atoms with Crippen molar-refractivity contribution in [2.45, 2.75) is 13.3 Å². The number of amides is 2. The zero-order valence-electron chi connectivity index (χ0n) is 14.5. The Balaban J connectivity index is 1.58. The lowest BCUT2D eigenvalue weighted by Crippen LogP contribution is -2.20. The Morgan fingerprint density at radius 2 is 1.96 bits per heavy atom. The number of rotatable bonds is 6. The van der Waals surface area contributed by atoms with Gasteiger partial charge in [-0.1, -0.05) is 23.5 Å². The van der Waals surface area contributed by atoms with E-state index >= 15 is 0 Å². The number of aromatic nitrogens is 1. The third-order valence-corrected chi connectivity index (χ3v) is 4.47. The van der Waals surface area contributed by atoms with Gasteiger partial charge in [0.25, 0.3) is 5.91 Å². The van der Waals surface area contributed by atoms with Gasteiger partial charge < -0.3 is 15.4 Å². The van der Waals surface area contributed by atoms with E-state index in [0.717, 1.165) is 15.8 Å². The maximum absolute atomic E-state index is 12.1. The average molecular weight is 380 g/mol. The highest BCUT2D eigenvalue weighted by atomic mass is 32.1. The number of hydrogen-bond donors (Lipinski definition) is 2. The van der Waals surface area contributed by atoms with E-state index in [-0.39, 0.29) is 18.4 Å². The molecule has 7 nitrogen and oxygen atoms in total. The molecule has 3 aromatic rings. The van der Waals surface area contributed by atoms with E-state index in [2.05, 4.69) is 21.7 Å². The molecule has 0 bridgehead atoms. The van der Waals surface area contributed by atoms with Crippen molar-refractivity contribution in [2.24, 2.45) is 0 Å². The van der Waals surface area contributed by atoms with Crippen molar-refractivity contribution in [2.75, 3.05) is 17.2 Å². The monoisotopic (exact) mass is 380 g/mol. The quantitative estimate of drug-likeness (QED) is 0.682. The lowest BCUT2D eigenvalue weighted by Gasteiger charge is -2.08. The normalized spacial score (nSPS) is 10.2. The second kappa shape index (κ2) is 8.29. The molecule has 0 aliphatic heterocycles. The molecular formula is C19H16N4O3S. The summed E-state index contributed by atoms with van der Waals surface area (Å²) >= 11 is 1.33. The first-order chi connectivity index (χ1) is 13.0. The zero-order valence-corrected chi connectivity index (χ0v) is 15.3. The van der Waals surface area contributed by atoms with Crippen LogP contribution in [-0.4, -0.2) is 23.4 Å². The number of benzene rings is 2. The average Bonchev–Trinajstić information content (AvgIpc) is 3.02. The number of carbonyl (C=O) groups is 2. The molecule has 0 saturated heterocycles. The number of nitrogens with one attached hydrogen (secondary N) is 2. The number of hydrogen-bond acceptors (Lipinski definition) is 6. The highest BCUT2D eigenvalue weighted by Crippen LogP contribution is 2.28. The molecule has 0 aliphatic carbocycles. The summed E-state index contributed by atoms with van der Waals surface area (Å²) in [6.45, 7) is 1.30. The van der Waals surface area contributed by atoms with Gasteiger partial charge >= 0.3 is 0 Å². The van der Waals surface area contributed by atoms with Crippen LogP contribution in [0.5, 0.6) is 5.75 Å². The van der Waals surface area contributed by atoms with Crippen LogP contribution in [0.2, 0.25) is 0 Å². The summed E-state index contributed by atoms with van der Waals surface area (Å²) in [4.78, 5) is 27.5. The summed E-state index contributed by atoms with van der Waals surface area (Å²) in [5.74, 6) is 0.0899. The molecule has 2 N–H and O–H groups in total. The van der Waals surface area contributed by atoms with Crippen LogP contribution in [0.3, 0.4) is 0 Å². The van der Waals surface area contributed by atoms with E-state index in [4.69, 9.17) is 10.00 Å². The Bertz CT molecular complexity index is 1020. The topological polar surface area (TPSA) is 104 Å². The van der Waals surface area contributed by atoms with Crippen molar-refractivity contribution in [3.8, 4) is 11.8 Å². The fourth-order valence-electron chi connectivity index (χ4n) is 2.35. The number of anilines is 2. The second-order valence-electron chi connectivity index (χ2n) is 5.70. The summed E-state index contributed by atoms with van der Waals surface area (Å²) in [5.41, 5.74) is 2.26. The van der Waals surface area contributed by atoms with Gasteiger partial charge in [0.05, 0.1) is 22.7 Å². The molecule has 0 saturated carbocycles. The highest BCUT2D eigenvalue weighted by Gasteiger charge is 2.08. The smallest absolute Gasteiger partial charge is 0.262 e. The standard InChI is InChI=1S/C19H16N4O3S/c1-12(24)21-19-23-16-7-4-14(10-17(16)27-19)22-18(25)11-26-15-5-2-13(3-6-15)8-9-20/h2-7,10H,8,11H2,1H3,(H,22,25)(H,21,23,24). The summed E-state index contributed by atoms with van der Waals surface area (Å²) in [5, 5.41) is 14.6. The molecule has 0 fully saturated rings. The first kappa shape index (κ1) is 18.4. The minimum Gasteiger partial charge on any atom is -0.484 e. The van der Waals surface area contributed by atoms with Gasteiger partial charge in [-0.3, -0.25) is 9.59 Å². The third kappa shape index (κ3) is 5.03. The van der Waals surface area contributed by atoms with E-state index in [9.17, 15) is 9.59 Å². The Morgan fingerprint density at radius 3 is 2.67 bits per heavy atom. The molecular weight excluding hydrogens is 364 g/mol. The van der Waals surface area contributed by atoms with Gasteiger partial charge in [-0.25, -0.2) is 4.98 Å². The summed E-state index contributed by atoms with van der Waals surface area (Å²) in [6, 6.07) is 14.4. The van der Waals surface area contributed by atoms with Gasteiger partial charge in [-0.2, -0.15) is 5.26 Å². The number of nitriles is 1. The highest BCUT2D eigenvalue weighted by molar-refractivity contribution is 7.22. The van der Waals surface area contributed by atoms with E-state index < -0.39 is 0 Å². The van der Waals surface area contributed by atoms with Crippen LogP contribution in [0.4, 0.5) is 10.8 Å². The SMILES string of the molecule is CC(=O)Nc1nc2ccc(NC(=O)COc3ccc(CC#N)cc3)cc2s1. The van der Waals surface area contributed by atoms with Crippen LogP contribution < -0.4 is 15.4 Å². The third-order valence-electron chi connectivity index (χ3n) is 3.53. The second-order valence-corrected chi connectivity index (χ2v) is 6.73. The van der Waals surface area contributed by atoms with Crippen LogP contribution in [-0.2, 0) is 16.0 Å². The molecule has 3 rings (SSSR count). The van der Waals surface area contributed by atoms with E-state index in [1.165, 1.54) is 18.3 Å². The number of ether oxygens (including phenoxy) is 1. The predicted molar refractivity (Wildman–Crippen MR) is 104 cm³/mol. The van der Waals surface area contributed by atoms with Gasteiger partial charge in [-0.15, -0.1) is 0 Å². The molecule has 0 unspecified atom stereocenters. The molecule has 1 heterocycles. The number of thiazole rings is 1.